The normalized spacial score (nSPS) is 8.47. The Hall–Kier alpha value is -1.84. The molecule has 0 aliphatic heterocycles. The van der Waals surface area contributed by atoms with Crippen LogP contribution in [0.3, 0.4) is 0 Å². The SMILES string of the molecule is CN(C)C=O.Cc1ccc(C(=O)O)cc1. The van der Waals surface area contributed by atoms with E-state index in [1.807, 2.05) is 6.92 Å². The minimum absolute atomic E-state index is 0.339. The Labute approximate surface area is 89.1 Å². The highest BCUT2D eigenvalue weighted by atomic mass is 16.4. The predicted octanol–water partition coefficient (Wildman–Crippen LogP) is 1.40. The van der Waals surface area contributed by atoms with Gasteiger partial charge in [-0.15, -0.1) is 0 Å². The standard InChI is InChI=1S/C8H8O2.C3H7NO/c1-6-2-4-7(5-3-6)8(9)10;1-4(2)3-5/h2-5H,1H3,(H,9,10);3H,1-2H3. The van der Waals surface area contributed by atoms with Crippen LogP contribution in [-0.2, 0) is 4.79 Å². The van der Waals surface area contributed by atoms with Crippen molar-refractivity contribution >= 4 is 12.4 Å². The maximum Gasteiger partial charge on any atom is 0.335 e. The smallest absolute Gasteiger partial charge is 0.335 e. The summed E-state index contributed by atoms with van der Waals surface area (Å²) in [5.74, 6) is -0.875. The van der Waals surface area contributed by atoms with Gasteiger partial charge in [-0.05, 0) is 19.1 Å². The Bertz CT molecular complexity index is 317. The molecule has 0 unspecified atom stereocenters. The molecule has 0 spiro atoms. The van der Waals surface area contributed by atoms with Gasteiger partial charge in [-0.3, -0.25) is 4.79 Å². The number of nitrogens with zero attached hydrogens (tertiary/aromatic N) is 1. The number of carbonyl (C=O) groups excluding carboxylic acids is 1. The molecule has 0 fully saturated rings. The topological polar surface area (TPSA) is 57.6 Å². The molecule has 0 saturated carbocycles. The molecule has 1 aromatic carbocycles. The first-order valence-corrected chi connectivity index (χ1v) is 4.39. The van der Waals surface area contributed by atoms with Crippen LogP contribution in [0.25, 0.3) is 0 Å². The number of carboxylic acids is 1. The van der Waals surface area contributed by atoms with Crippen LogP contribution < -0.4 is 0 Å². The third-order valence-electron chi connectivity index (χ3n) is 1.51. The van der Waals surface area contributed by atoms with Gasteiger partial charge in [0.25, 0.3) is 0 Å². The Balaban J connectivity index is 0.000000336. The maximum atomic E-state index is 10.3. The van der Waals surface area contributed by atoms with Crippen molar-refractivity contribution in [2.24, 2.45) is 0 Å². The van der Waals surface area contributed by atoms with Crippen LogP contribution in [0.15, 0.2) is 24.3 Å². The monoisotopic (exact) mass is 209 g/mol. The van der Waals surface area contributed by atoms with E-state index < -0.39 is 5.97 Å². The first-order valence-electron chi connectivity index (χ1n) is 4.39. The fraction of sp³-hybridized carbons (Fsp3) is 0.273. The lowest BCUT2D eigenvalue weighted by Crippen LogP contribution is -2.06. The molecular formula is C11H15NO3. The lowest BCUT2D eigenvalue weighted by molar-refractivity contribution is -0.115. The second kappa shape index (κ2) is 6.59. The zero-order chi connectivity index (χ0) is 11.8. The maximum absolute atomic E-state index is 10.3. The Kier molecular flexibility index (Phi) is 5.78. The zero-order valence-corrected chi connectivity index (χ0v) is 9.10. The molecule has 15 heavy (non-hydrogen) atoms. The first-order chi connectivity index (χ1) is 6.97. The highest BCUT2D eigenvalue weighted by molar-refractivity contribution is 5.87. The second-order valence-electron chi connectivity index (χ2n) is 3.24. The number of carboxylic acid groups (broad SMARTS) is 1. The number of benzene rings is 1. The van der Waals surface area contributed by atoms with Gasteiger partial charge in [0, 0.05) is 14.1 Å². The van der Waals surface area contributed by atoms with Crippen molar-refractivity contribution in [3.05, 3.63) is 35.4 Å². The van der Waals surface area contributed by atoms with Gasteiger partial charge in [0.05, 0.1) is 5.56 Å². The Morgan fingerprint density at radius 2 is 1.67 bits per heavy atom. The van der Waals surface area contributed by atoms with Crippen LogP contribution in [0, 0.1) is 6.92 Å². The van der Waals surface area contributed by atoms with Gasteiger partial charge in [-0.25, -0.2) is 4.79 Å². The summed E-state index contributed by atoms with van der Waals surface area (Å²) >= 11 is 0. The number of carbonyl (C=O) groups is 2. The lowest BCUT2D eigenvalue weighted by atomic mass is 10.2. The second-order valence-corrected chi connectivity index (χ2v) is 3.24. The van der Waals surface area contributed by atoms with Gasteiger partial charge in [0.15, 0.2) is 0 Å². The Morgan fingerprint density at radius 1 is 1.27 bits per heavy atom. The minimum atomic E-state index is -0.875. The zero-order valence-electron chi connectivity index (χ0n) is 9.10. The molecule has 1 N–H and O–H groups in total. The molecule has 0 saturated heterocycles. The third-order valence-corrected chi connectivity index (χ3v) is 1.51. The molecule has 0 bridgehead atoms. The minimum Gasteiger partial charge on any atom is -0.478 e. The molecule has 0 radical (unpaired) electrons. The van der Waals surface area contributed by atoms with Crippen LogP contribution in [0.2, 0.25) is 0 Å². The van der Waals surface area contributed by atoms with E-state index in [0.29, 0.717) is 5.56 Å². The van der Waals surface area contributed by atoms with Crippen molar-refractivity contribution in [1.29, 1.82) is 0 Å². The van der Waals surface area contributed by atoms with E-state index >= 15 is 0 Å². The summed E-state index contributed by atoms with van der Waals surface area (Å²) in [5.41, 5.74) is 1.41. The highest BCUT2D eigenvalue weighted by Crippen LogP contribution is 2.01. The van der Waals surface area contributed by atoms with Gasteiger partial charge < -0.3 is 10.0 Å². The van der Waals surface area contributed by atoms with E-state index in [1.54, 1.807) is 38.4 Å². The van der Waals surface area contributed by atoms with E-state index in [9.17, 15) is 9.59 Å². The largest absolute Gasteiger partial charge is 0.478 e. The van der Waals surface area contributed by atoms with Gasteiger partial charge in [0.1, 0.15) is 0 Å². The summed E-state index contributed by atoms with van der Waals surface area (Å²) < 4.78 is 0. The molecule has 1 aromatic rings. The van der Waals surface area contributed by atoms with Crippen LogP contribution >= 0.6 is 0 Å². The summed E-state index contributed by atoms with van der Waals surface area (Å²) in [4.78, 5) is 21.2. The fourth-order valence-corrected chi connectivity index (χ4v) is 0.696. The molecule has 1 amide bonds. The van der Waals surface area contributed by atoms with Gasteiger partial charge in [-0.1, -0.05) is 17.7 Å². The van der Waals surface area contributed by atoms with Crippen LogP contribution in [0.4, 0.5) is 0 Å². The van der Waals surface area contributed by atoms with Gasteiger partial charge in [-0.2, -0.15) is 0 Å². The number of aryl methyl sites for hydroxylation is 1. The van der Waals surface area contributed by atoms with Crippen LogP contribution in [0.1, 0.15) is 15.9 Å². The summed E-state index contributed by atoms with van der Waals surface area (Å²) in [6, 6.07) is 6.75. The predicted molar refractivity (Wildman–Crippen MR) is 57.9 cm³/mol. The lowest BCUT2D eigenvalue weighted by Gasteiger charge is -1.93. The molecule has 0 atom stereocenters. The molecule has 1 rings (SSSR count). The number of rotatable bonds is 2. The van der Waals surface area contributed by atoms with Crippen molar-refractivity contribution in [1.82, 2.24) is 4.90 Å². The van der Waals surface area contributed by atoms with E-state index in [-0.39, 0.29) is 0 Å². The molecule has 4 nitrogen and oxygen atoms in total. The number of amides is 1. The Morgan fingerprint density at radius 3 is 1.93 bits per heavy atom. The van der Waals surface area contributed by atoms with Crippen molar-refractivity contribution in [3.8, 4) is 0 Å². The average molecular weight is 209 g/mol. The van der Waals surface area contributed by atoms with Crippen molar-refractivity contribution in [3.63, 3.8) is 0 Å². The van der Waals surface area contributed by atoms with E-state index in [4.69, 9.17) is 5.11 Å². The quantitative estimate of drug-likeness (QED) is 0.749. The van der Waals surface area contributed by atoms with E-state index in [2.05, 4.69) is 0 Å². The summed E-state index contributed by atoms with van der Waals surface area (Å²) in [5, 5.41) is 8.48. The van der Waals surface area contributed by atoms with E-state index in [1.165, 1.54) is 4.90 Å². The van der Waals surface area contributed by atoms with Gasteiger partial charge in [0.2, 0.25) is 6.41 Å². The molecule has 4 heteroatoms. The summed E-state index contributed by atoms with van der Waals surface area (Å²) in [6.45, 7) is 1.92. The molecule has 82 valence electrons. The van der Waals surface area contributed by atoms with Crippen LogP contribution in [0.5, 0.6) is 0 Å². The van der Waals surface area contributed by atoms with Gasteiger partial charge >= 0.3 is 5.97 Å². The first kappa shape index (κ1) is 13.2. The van der Waals surface area contributed by atoms with E-state index in [0.717, 1.165) is 12.0 Å². The molecule has 0 aromatic heterocycles. The van der Waals surface area contributed by atoms with Crippen LogP contribution in [-0.4, -0.2) is 36.5 Å². The molecule has 0 heterocycles. The third kappa shape index (κ3) is 6.26. The van der Waals surface area contributed by atoms with Crippen molar-refractivity contribution < 1.29 is 14.7 Å². The summed E-state index contributed by atoms with van der Waals surface area (Å²) in [6.07, 6.45) is 0.750. The fourth-order valence-electron chi connectivity index (χ4n) is 0.696. The number of hydrogen-bond donors (Lipinski definition) is 1. The summed E-state index contributed by atoms with van der Waals surface area (Å²) in [7, 11) is 3.38. The van der Waals surface area contributed by atoms with Crippen molar-refractivity contribution in [2.45, 2.75) is 6.92 Å². The molecular weight excluding hydrogens is 194 g/mol. The molecule has 0 aliphatic rings. The number of aromatic carboxylic acids is 1. The van der Waals surface area contributed by atoms with Crippen molar-refractivity contribution in [2.75, 3.05) is 14.1 Å². The number of hydrogen-bond acceptors (Lipinski definition) is 2. The average Bonchev–Trinajstić information content (AvgIpc) is 2.19. The highest BCUT2D eigenvalue weighted by Gasteiger charge is 1.98. The molecule has 0 aliphatic carbocycles.